The highest BCUT2D eigenvalue weighted by molar-refractivity contribution is 6.04. The monoisotopic (exact) mass is 441 g/mol. The topological polar surface area (TPSA) is 112 Å². The molecular weight excluding hydrogens is 406 g/mol. The first-order valence-electron chi connectivity index (χ1n) is 10.7. The highest BCUT2D eigenvalue weighted by Crippen LogP contribution is 2.33. The molecule has 32 heavy (non-hydrogen) atoms. The number of azide groups is 1. The molecule has 0 saturated carbocycles. The second-order valence-electron chi connectivity index (χ2n) is 9.16. The van der Waals surface area contributed by atoms with Gasteiger partial charge >= 0.3 is 5.97 Å². The number of aliphatic hydroxyl groups is 1. The van der Waals surface area contributed by atoms with Crippen LogP contribution in [-0.2, 0) is 14.3 Å². The van der Waals surface area contributed by atoms with Gasteiger partial charge in [-0.1, -0.05) is 41.4 Å². The number of rotatable bonds is 7. The van der Waals surface area contributed by atoms with E-state index >= 15 is 0 Å². The molecule has 1 rings (SSSR count). The Labute approximate surface area is 190 Å². The van der Waals surface area contributed by atoms with Crippen LogP contribution in [0.25, 0.3) is 10.4 Å². The lowest BCUT2D eigenvalue weighted by atomic mass is 9.80. The van der Waals surface area contributed by atoms with Crippen LogP contribution in [0.1, 0.15) is 60.8 Å². The van der Waals surface area contributed by atoms with Crippen LogP contribution < -0.4 is 0 Å². The molecule has 0 aromatic rings. The number of hydrogen-bond acceptors (Lipinski definition) is 5. The van der Waals surface area contributed by atoms with E-state index in [1.807, 2.05) is 26.8 Å². The van der Waals surface area contributed by atoms with Crippen molar-refractivity contribution < 1.29 is 19.4 Å². The van der Waals surface area contributed by atoms with Gasteiger partial charge in [0.25, 0.3) is 0 Å². The van der Waals surface area contributed by atoms with Gasteiger partial charge in [0.05, 0.1) is 6.54 Å². The van der Waals surface area contributed by atoms with Crippen molar-refractivity contribution in [3.05, 3.63) is 69.7 Å². The van der Waals surface area contributed by atoms with Crippen LogP contribution in [0.4, 0.5) is 0 Å². The van der Waals surface area contributed by atoms with Crippen molar-refractivity contribution in [2.45, 2.75) is 72.5 Å². The average Bonchev–Trinajstić information content (AvgIpc) is 2.69. The van der Waals surface area contributed by atoms with Crippen LogP contribution in [0.5, 0.6) is 0 Å². The van der Waals surface area contributed by atoms with Gasteiger partial charge in [-0.05, 0) is 83.1 Å². The van der Waals surface area contributed by atoms with Gasteiger partial charge in [-0.2, -0.15) is 0 Å². The molecule has 0 fully saturated rings. The molecule has 1 aliphatic carbocycles. The van der Waals surface area contributed by atoms with Gasteiger partial charge in [0.2, 0.25) is 0 Å². The summed E-state index contributed by atoms with van der Waals surface area (Å²) in [6.45, 7) is 11.1. The van der Waals surface area contributed by atoms with Crippen molar-refractivity contribution in [3.63, 3.8) is 0 Å². The maximum atomic E-state index is 12.7. The van der Waals surface area contributed by atoms with Crippen molar-refractivity contribution >= 4 is 11.8 Å². The normalized spacial score (nSPS) is 28.3. The molecule has 3 atom stereocenters. The Bertz CT molecular complexity index is 894. The van der Waals surface area contributed by atoms with Gasteiger partial charge < -0.3 is 9.84 Å². The highest BCUT2D eigenvalue weighted by atomic mass is 16.6. The Kier molecular flexibility index (Phi) is 10.4. The number of hydrogen-bond donors (Lipinski definition) is 1. The zero-order valence-corrected chi connectivity index (χ0v) is 20.0. The summed E-state index contributed by atoms with van der Waals surface area (Å²) in [5.74, 6) is -0.927. The van der Waals surface area contributed by atoms with Crippen LogP contribution in [0, 0.1) is 5.41 Å². The molecule has 0 heterocycles. The fourth-order valence-electron chi connectivity index (χ4n) is 3.17. The third-order valence-corrected chi connectivity index (χ3v) is 5.17. The van der Waals surface area contributed by atoms with Gasteiger partial charge in [-0.25, -0.2) is 4.79 Å². The molecule has 1 N–H and O–H groups in total. The molecule has 1 aliphatic rings. The zero-order valence-electron chi connectivity index (χ0n) is 20.0. The summed E-state index contributed by atoms with van der Waals surface area (Å²) < 4.78 is 5.54. The van der Waals surface area contributed by atoms with E-state index in [9.17, 15) is 14.7 Å². The minimum Gasteiger partial charge on any atom is -0.452 e. The fraction of sp³-hybridized carbons (Fsp3) is 0.520. The van der Waals surface area contributed by atoms with Gasteiger partial charge in [-0.15, -0.1) is 0 Å². The van der Waals surface area contributed by atoms with Gasteiger partial charge in [0.1, 0.15) is 5.60 Å². The minimum absolute atomic E-state index is 0.0748. The maximum absolute atomic E-state index is 12.7. The van der Waals surface area contributed by atoms with Crippen LogP contribution in [0.2, 0.25) is 0 Å². The smallest absolute Gasteiger partial charge is 0.331 e. The molecule has 0 unspecified atom stereocenters. The molecule has 0 radical (unpaired) electrons. The number of esters is 1. The Hall–Kier alpha value is -2.89. The van der Waals surface area contributed by atoms with Crippen molar-refractivity contribution in [1.29, 1.82) is 0 Å². The van der Waals surface area contributed by atoms with Crippen LogP contribution in [0.15, 0.2) is 64.4 Å². The SMILES string of the molecule is CC(C)=CCC[C@]1(C)C=C[C@@H](OC(=O)C=C(C)C)[C@](C)(O)/C=C/C(=O)/C(CN=[N+]=[N-])=C\C1. The molecule has 7 heteroatoms. The lowest BCUT2D eigenvalue weighted by molar-refractivity contribution is -0.148. The maximum Gasteiger partial charge on any atom is 0.331 e. The van der Waals surface area contributed by atoms with E-state index in [-0.39, 0.29) is 17.7 Å². The largest absolute Gasteiger partial charge is 0.452 e. The Morgan fingerprint density at radius 1 is 1.28 bits per heavy atom. The van der Waals surface area contributed by atoms with E-state index in [1.54, 1.807) is 26.0 Å². The van der Waals surface area contributed by atoms with E-state index < -0.39 is 17.7 Å². The number of carbonyl (C=O) groups excluding carboxylic acids is 2. The van der Waals surface area contributed by atoms with Crippen molar-refractivity contribution in [2.75, 3.05) is 6.54 Å². The molecule has 174 valence electrons. The Balaban J connectivity index is 3.45. The second kappa shape index (κ2) is 12.2. The molecule has 0 aromatic heterocycles. The lowest BCUT2D eigenvalue weighted by Gasteiger charge is -2.29. The molecular formula is C25H35N3O4. The van der Waals surface area contributed by atoms with Gasteiger partial charge in [0, 0.05) is 16.6 Å². The average molecular weight is 442 g/mol. The number of carbonyl (C=O) groups is 2. The van der Waals surface area contributed by atoms with E-state index in [1.165, 1.54) is 30.7 Å². The quantitative estimate of drug-likeness (QED) is 0.136. The summed E-state index contributed by atoms with van der Waals surface area (Å²) in [6.07, 6.45) is 12.6. The zero-order chi connectivity index (χ0) is 24.4. The number of ketones is 1. The molecule has 7 nitrogen and oxygen atoms in total. The standard InChI is InChI=1S/C25H35N3O4/c1-18(2)8-7-12-24(5)13-9-20(17-27-28-26)21(29)10-15-25(6,31)22(11-14-24)32-23(30)16-19(3)4/h8-11,14-16,22,31H,7,12-13,17H2,1-6H3/b14-11?,15-10+,20-9-/t22-,24+,25-/m1/s1. The third-order valence-electron chi connectivity index (χ3n) is 5.17. The summed E-state index contributed by atoms with van der Waals surface area (Å²) >= 11 is 0. The van der Waals surface area contributed by atoms with E-state index in [0.29, 0.717) is 12.0 Å². The predicted molar refractivity (Wildman–Crippen MR) is 127 cm³/mol. The summed E-state index contributed by atoms with van der Waals surface area (Å²) in [4.78, 5) is 27.8. The summed E-state index contributed by atoms with van der Waals surface area (Å²) in [5.41, 5.74) is 9.03. The van der Waals surface area contributed by atoms with Crippen LogP contribution in [-0.4, -0.2) is 35.1 Å². The molecule has 0 saturated heterocycles. The Morgan fingerprint density at radius 2 is 1.97 bits per heavy atom. The second-order valence-corrected chi connectivity index (χ2v) is 9.16. The number of allylic oxidation sites excluding steroid dienone is 6. The van der Waals surface area contributed by atoms with E-state index in [4.69, 9.17) is 10.3 Å². The fourth-order valence-corrected chi connectivity index (χ4v) is 3.17. The number of nitrogens with zero attached hydrogens (tertiary/aromatic N) is 3. The molecule has 0 aliphatic heterocycles. The lowest BCUT2D eigenvalue weighted by Crippen LogP contribution is -2.39. The van der Waals surface area contributed by atoms with Crippen molar-refractivity contribution in [1.82, 2.24) is 0 Å². The first-order chi connectivity index (χ1) is 14.9. The molecule has 0 spiro atoms. The predicted octanol–water partition coefficient (Wildman–Crippen LogP) is 5.69. The molecule has 0 aromatic carbocycles. The van der Waals surface area contributed by atoms with Gasteiger partial charge in [-0.3, -0.25) is 4.79 Å². The highest BCUT2D eigenvalue weighted by Gasteiger charge is 2.32. The number of ether oxygens (including phenoxy) is 1. The minimum atomic E-state index is -1.62. The van der Waals surface area contributed by atoms with Crippen molar-refractivity contribution in [2.24, 2.45) is 10.5 Å². The van der Waals surface area contributed by atoms with E-state index in [0.717, 1.165) is 18.4 Å². The molecule has 0 bridgehead atoms. The summed E-state index contributed by atoms with van der Waals surface area (Å²) in [7, 11) is 0. The summed E-state index contributed by atoms with van der Waals surface area (Å²) in [6, 6.07) is 0. The van der Waals surface area contributed by atoms with Crippen molar-refractivity contribution in [3.8, 4) is 0 Å². The van der Waals surface area contributed by atoms with E-state index in [2.05, 4.69) is 16.1 Å². The first-order valence-corrected chi connectivity index (χ1v) is 10.7. The Morgan fingerprint density at radius 3 is 2.56 bits per heavy atom. The van der Waals surface area contributed by atoms with Crippen LogP contribution in [0.3, 0.4) is 0 Å². The first kappa shape index (κ1) is 27.1. The van der Waals surface area contributed by atoms with Gasteiger partial charge in [0.15, 0.2) is 11.9 Å². The van der Waals surface area contributed by atoms with Crippen LogP contribution >= 0.6 is 0 Å². The summed E-state index contributed by atoms with van der Waals surface area (Å²) in [5, 5.41) is 14.6. The third kappa shape index (κ3) is 9.50. The molecule has 0 amide bonds.